The van der Waals surface area contributed by atoms with Crippen LogP contribution in [0.25, 0.3) is 0 Å². The molecule has 6 atom stereocenters. The van der Waals surface area contributed by atoms with Crippen LogP contribution in [0.5, 0.6) is 0 Å². The van der Waals surface area contributed by atoms with Crippen LogP contribution in [0.2, 0.25) is 0 Å². The Bertz CT molecular complexity index is 514. The molecule has 3 heteroatoms. The Balaban J connectivity index is 0.00000144. The number of allylic oxidation sites excluding steroid dienone is 1. The second kappa shape index (κ2) is 5.72. The van der Waals surface area contributed by atoms with Gasteiger partial charge in [-0.15, -0.1) is 0 Å². The Morgan fingerprint density at radius 2 is 1.82 bits per heavy atom. The molecule has 0 unspecified atom stereocenters. The Labute approximate surface area is 156 Å². The molecular formula is C19H29NaO2. The van der Waals surface area contributed by atoms with E-state index in [9.17, 15) is 9.90 Å². The van der Waals surface area contributed by atoms with Gasteiger partial charge in [-0.1, -0.05) is 19.4 Å². The molecule has 0 saturated heterocycles. The molecule has 0 aromatic carbocycles. The minimum atomic E-state index is -0.0823. The molecule has 0 amide bonds. The predicted octanol–water partition coefficient (Wildman–Crippen LogP) is 3.23. The third kappa shape index (κ3) is 2.24. The first-order valence-electron chi connectivity index (χ1n) is 8.87. The van der Waals surface area contributed by atoms with Crippen LogP contribution in [0.15, 0.2) is 11.6 Å². The van der Waals surface area contributed by atoms with Crippen LogP contribution in [0.1, 0.15) is 65.2 Å². The molecule has 0 bridgehead atoms. The van der Waals surface area contributed by atoms with Gasteiger partial charge in [-0.05, 0) is 79.6 Å². The number of rotatable bonds is 0. The van der Waals surface area contributed by atoms with Crippen molar-refractivity contribution in [2.75, 3.05) is 0 Å². The topological polar surface area (TPSA) is 37.3 Å². The molecule has 0 aromatic heterocycles. The molecule has 0 radical (unpaired) electrons. The summed E-state index contributed by atoms with van der Waals surface area (Å²) in [6, 6.07) is 0. The molecule has 4 rings (SSSR count). The number of carbonyl (C=O) groups excluding carboxylic acids is 1. The number of ketones is 1. The first-order valence-corrected chi connectivity index (χ1v) is 8.87. The van der Waals surface area contributed by atoms with E-state index in [1.54, 1.807) is 0 Å². The van der Waals surface area contributed by atoms with E-state index in [0.29, 0.717) is 11.7 Å². The van der Waals surface area contributed by atoms with E-state index in [4.69, 9.17) is 0 Å². The molecule has 0 aliphatic heterocycles. The Hall–Kier alpha value is 0.370. The van der Waals surface area contributed by atoms with Gasteiger partial charge in [0.1, 0.15) is 0 Å². The van der Waals surface area contributed by atoms with E-state index in [2.05, 4.69) is 13.8 Å². The van der Waals surface area contributed by atoms with E-state index in [1.165, 1.54) is 31.3 Å². The van der Waals surface area contributed by atoms with Gasteiger partial charge < -0.3 is 5.11 Å². The van der Waals surface area contributed by atoms with E-state index < -0.39 is 0 Å². The molecule has 3 fully saturated rings. The maximum absolute atomic E-state index is 11.8. The van der Waals surface area contributed by atoms with Gasteiger partial charge in [0.25, 0.3) is 0 Å². The SMILES string of the molecule is C[C@]12CC[C@H]3[C@@H](CCC4=CC(=O)CC[C@@]43C)[C@@H]1CC[C@@H]2O.[NaH]. The van der Waals surface area contributed by atoms with Crippen molar-refractivity contribution in [2.45, 2.75) is 71.3 Å². The average Bonchev–Trinajstić information content (AvgIpc) is 2.76. The zero-order valence-corrected chi connectivity index (χ0v) is 13.4. The van der Waals surface area contributed by atoms with E-state index >= 15 is 0 Å². The molecular weight excluding hydrogens is 283 g/mol. The van der Waals surface area contributed by atoms with Crippen LogP contribution in [0.4, 0.5) is 0 Å². The normalized spacial score (nSPS) is 50.3. The summed E-state index contributed by atoms with van der Waals surface area (Å²) in [5.74, 6) is 2.57. The van der Waals surface area contributed by atoms with Crippen molar-refractivity contribution in [1.82, 2.24) is 0 Å². The van der Waals surface area contributed by atoms with Gasteiger partial charge in [0.2, 0.25) is 0 Å². The van der Waals surface area contributed by atoms with Crippen molar-refractivity contribution in [2.24, 2.45) is 28.6 Å². The zero-order chi connectivity index (χ0) is 14.8. The molecule has 1 N–H and O–H groups in total. The Kier molecular flexibility index (Phi) is 4.47. The number of aliphatic hydroxyl groups excluding tert-OH is 1. The standard InChI is InChI=1S/C19H28O2.Na.H/c1-18-9-7-13(20)11-12(18)3-4-14-15-5-6-17(21)19(15,2)10-8-16(14)18;;/h11,14-17,21H,3-10H2,1-2H3;;/t14-,15-,16-,17-,18-,19-;;/m0../s1. The number of hydrogen-bond acceptors (Lipinski definition) is 2. The van der Waals surface area contributed by atoms with Gasteiger partial charge in [-0.25, -0.2) is 0 Å². The van der Waals surface area contributed by atoms with Crippen LogP contribution >= 0.6 is 0 Å². The van der Waals surface area contributed by atoms with Crippen LogP contribution in [0, 0.1) is 28.6 Å². The zero-order valence-electron chi connectivity index (χ0n) is 13.4. The summed E-state index contributed by atoms with van der Waals surface area (Å²) >= 11 is 0. The fourth-order valence-corrected chi connectivity index (χ4v) is 6.53. The van der Waals surface area contributed by atoms with Gasteiger partial charge in [0, 0.05) is 6.42 Å². The van der Waals surface area contributed by atoms with E-state index in [-0.39, 0.29) is 46.5 Å². The quantitative estimate of drug-likeness (QED) is 0.697. The number of fused-ring (bicyclic) bond motifs is 5. The summed E-state index contributed by atoms with van der Waals surface area (Å²) in [5, 5.41) is 10.4. The van der Waals surface area contributed by atoms with Gasteiger partial charge in [0.15, 0.2) is 5.78 Å². The molecule has 0 aromatic rings. The molecule has 0 heterocycles. The van der Waals surface area contributed by atoms with E-state index in [1.807, 2.05) is 6.08 Å². The van der Waals surface area contributed by atoms with Crippen molar-refractivity contribution in [3.05, 3.63) is 11.6 Å². The van der Waals surface area contributed by atoms with Gasteiger partial charge in [-0.2, -0.15) is 0 Å². The summed E-state index contributed by atoms with van der Waals surface area (Å²) in [5.41, 5.74) is 1.89. The third-order valence-electron chi connectivity index (χ3n) is 7.91. The van der Waals surface area contributed by atoms with Gasteiger partial charge in [-0.3, -0.25) is 4.79 Å². The summed E-state index contributed by atoms with van der Waals surface area (Å²) in [6.45, 7) is 4.76. The average molecular weight is 312 g/mol. The molecule has 2 nitrogen and oxygen atoms in total. The fourth-order valence-electron chi connectivity index (χ4n) is 6.53. The van der Waals surface area contributed by atoms with Crippen LogP contribution in [0.3, 0.4) is 0 Å². The summed E-state index contributed by atoms with van der Waals surface area (Å²) < 4.78 is 0. The number of carbonyl (C=O) groups is 1. The van der Waals surface area contributed by atoms with Crippen LogP contribution in [-0.2, 0) is 4.79 Å². The summed E-state index contributed by atoms with van der Waals surface area (Å²) in [4.78, 5) is 11.8. The second-order valence-electron chi connectivity index (χ2n) is 8.61. The summed E-state index contributed by atoms with van der Waals surface area (Å²) in [7, 11) is 0. The maximum atomic E-state index is 11.8. The second-order valence-corrected chi connectivity index (χ2v) is 8.61. The fraction of sp³-hybridized carbons (Fsp3) is 0.842. The monoisotopic (exact) mass is 312 g/mol. The molecule has 0 spiro atoms. The molecule has 4 aliphatic rings. The van der Waals surface area contributed by atoms with Crippen LogP contribution in [-0.4, -0.2) is 46.6 Å². The first-order chi connectivity index (χ1) is 9.95. The molecule has 118 valence electrons. The van der Waals surface area contributed by atoms with Gasteiger partial charge in [0.05, 0.1) is 6.10 Å². The van der Waals surface area contributed by atoms with Crippen molar-refractivity contribution >= 4 is 35.3 Å². The van der Waals surface area contributed by atoms with Crippen LogP contribution < -0.4 is 0 Å². The first kappa shape index (κ1) is 17.2. The Morgan fingerprint density at radius 3 is 2.59 bits per heavy atom. The predicted molar refractivity (Wildman–Crippen MR) is 89.9 cm³/mol. The third-order valence-corrected chi connectivity index (χ3v) is 7.91. The van der Waals surface area contributed by atoms with Crippen molar-refractivity contribution in [1.29, 1.82) is 0 Å². The minimum absolute atomic E-state index is 0. The Morgan fingerprint density at radius 1 is 1.05 bits per heavy atom. The summed E-state index contributed by atoms with van der Waals surface area (Å²) in [6.07, 6.45) is 10.7. The van der Waals surface area contributed by atoms with Crippen molar-refractivity contribution in [3.8, 4) is 0 Å². The van der Waals surface area contributed by atoms with Crippen molar-refractivity contribution in [3.63, 3.8) is 0 Å². The van der Waals surface area contributed by atoms with Crippen molar-refractivity contribution < 1.29 is 9.90 Å². The molecule has 4 aliphatic carbocycles. The molecule has 22 heavy (non-hydrogen) atoms. The van der Waals surface area contributed by atoms with E-state index in [0.717, 1.165) is 37.5 Å². The van der Waals surface area contributed by atoms with Gasteiger partial charge >= 0.3 is 29.6 Å². The number of aliphatic hydroxyl groups is 1. The molecule has 3 saturated carbocycles. The number of hydrogen-bond donors (Lipinski definition) is 1.